The van der Waals surface area contributed by atoms with Gasteiger partial charge in [-0.15, -0.1) is 0 Å². The Morgan fingerprint density at radius 2 is 0.900 bits per heavy atom. The number of rotatable bonds is 7. The fourth-order valence-corrected chi connectivity index (χ4v) is 4.39. The highest BCUT2D eigenvalue weighted by atomic mass is 14.9. The number of hydrogen-bond acceptors (Lipinski definition) is 2. The van der Waals surface area contributed by atoms with Crippen molar-refractivity contribution in [2.24, 2.45) is 0 Å². The zero-order chi connectivity index (χ0) is 21.8. The Kier molecular flexibility index (Phi) is 6.87. The summed E-state index contributed by atoms with van der Waals surface area (Å²) >= 11 is 0. The lowest BCUT2D eigenvalue weighted by molar-refractivity contribution is 1.08. The Morgan fingerprint density at radius 1 is 0.500 bits per heavy atom. The largest absolute Gasteiger partial charge is 0.355 e. The molecule has 0 bridgehead atoms. The summed E-state index contributed by atoms with van der Waals surface area (Å²) in [5.41, 5.74) is 14.1. The monoisotopic (exact) mass is 400 g/mol. The van der Waals surface area contributed by atoms with Crippen molar-refractivity contribution in [3.8, 4) is 0 Å². The van der Waals surface area contributed by atoms with Crippen molar-refractivity contribution in [2.45, 2.75) is 67.7 Å². The zero-order valence-corrected chi connectivity index (χ0v) is 19.7. The third-order valence-electron chi connectivity index (χ3n) is 5.77. The standard InChI is InChI=1S/C28H36N2/c1-8-22-12-18(4)11-21(7)27(22)29-25-15-20(6)16-26(17-25)30-28-23(9-2)13-19(5)14-24(28)10-3/h11-17,29-30H,8-10H2,1-7H3. The first-order chi connectivity index (χ1) is 14.3. The van der Waals surface area contributed by atoms with E-state index in [1.165, 1.54) is 50.3 Å². The Hall–Kier alpha value is -2.74. The van der Waals surface area contributed by atoms with Crippen LogP contribution in [0.3, 0.4) is 0 Å². The van der Waals surface area contributed by atoms with Crippen molar-refractivity contribution in [3.63, 3.8) is 0 Å². The first-order valence-electron chi connectivity index (χ1n) is 11.2. The van der Waals surface area contributed by atoms with Gasteiger partial charge in [-0.1, -0.05) is 56.2 Å². The molecule has 0 aliphatic carbocycles. The summed E-state index contributed by atoms with van der Waals surface area (Å²) in [7, 11) is 0. The topological polar surface area (TPSA) is 24.1 Å². The van der Waals surface area contributed by atoms with Gasteiger partial charge in [-0.25, -0.2) is 0 Å². The van der Waals surface area contributed by atoms with Gasteiger partial charge in [-0.05, 0) is 93.0 Å². The van der Waals surface area contributed by atoms with Gasteiger partial charge < -0.3 is 10.6 Å². The van der Waals surface area contributed by atoms with Crippen molar-refractivity contribution in [1.29, 1.82) is 0 Å². The highest BCUT2D eigenvalue weighted by Crippen LogP contribution is 2.32. The molecule has 0 aliphatic heterocycles. The normalized spacial score (nSPS) is 10.9. The van der Waals surface area contributed by atoms with Crippen LogP contribution in [0.2, 0.25) is 0 Å². The minimum Gasteiger partial charge on any atom is -0.355 e. The van der Waals surface area contributed by atoms with Crippen LogP contribution in [0.4, 0.5) is 22.7 Å². The molecule has 3 aromatic rings. The SMILES string of the molecule is CCc1cc(C)cc(C)c1Nc1cc(C)cc(Nc2c(CC)cc(C)cc2CC)c1. The third kappa shape index (κ3) is 4.87. The predicted molar refractivity (Wildman–Crippen MR) is 133 cm³/mol. The third-order valence-corrected chi connectivity index (χ3v) is 5.77. The lowest BCUT2D eigenvalue weighted by Crippen LogP contribution is -2.03. The van der Waals surface area contributed by atoms with Crippen molar-refractivity contribution < 1.29 is 0 Å². The first-order valence-corrected chi connectivity index (χ1v) is 11.2. The molecule has 0 spiro atoms. The molecule has 0 heterocycles. The van der Waals surface area contributed by atoms with E-state index in [1.54, 1.807) is 0 Å². The van der Waals surface area contributed by atoms with Crippen molar-refractivity contribution in [1.82, 2.24) is 0 Å². The maximum Gasteiger partial charge on any atom is 0.0449 e. The summed E-state index contributed by atoms with van der Waals surface area (Å²) in [6, 6.07) is 15.8. The van der Waals surface area contributed by atoms with E-state index in [-0.39, 0.29) is 0 Å². The molecule has 2 heteroatoms. The minimum absolute atomic E-state index is 1.02. The van der Waals surface area contributed by atoms with Crippen LogP contribution < -0.4 is 10.6 Å². The van der Waals surface area contributed by atoms with Gasteiger partial charge in [-0.2, -0.15) is 0 Å². The van der Waals surface area contributed by atoms with E-state index in [9.17, 15) is 0 Å². The summed E-state index contributed by atoms with van der Waals surface area (Å²) in [4.78, 5) is 0. The zero-order valence-electron chi connectivity index (χ0n) is 19.7. The van der Waals surface area contributed by atoms with Gasteiger partial charge in [0.25, 0.3) is 0 Å². The van der Waals surface area contributed by atoms with Crippen LogP contribution in [0.25, 0.3) is 0 Å². The molecule has 0 aromatic heterocycles. The summed E-state index contributed by atoms with van der Waals surface area (Å²) in [5, 5.41) is 7.46. The van der Waals surface area contributed by atoms with E-state index in [0.29, 0.717) is 0 Å². The van der Waals surface area contributed by atoms with Gasteiger partial charge in [0.1, 0.15) is 0 Å². The minimum atomic E-state index is 1.02. The highest BCUT2D eigenvalue weighted by Gasteiger charge is 2.11. The molecular formula is C28H36N2. The maximum absolute atomic E-state index is 3.75. The Morgan fingerprint density at radius 3 is 1.40 bits per heavy atom. The molecule has 2 N–H and O–H groups in total. The first kappa shape index (κ1) is 22.0. The van der Waals surface area contributed by atoms with Crippen molar-refractivity contribution in [3.05, 3.63) is 81.4 Å². The van der Waals surface area contributed by atoms with Crippen molar-refractivity contribution in [2.75, 3.05) is 10.6 Å². The molecule has 0 fully saturated rings. The number of hydrogen-bond donors (Lipinski definition) is 2. The fourth-order valence-electron chi connectivity index (χ4n) is 4.39. The van der Waals surface area contributed by atoms with Crippen LogP contribution in [0, 0.1) is 27.7 Å². The molecule has 0 radical (unpaired) electrons. The molecule has 0 atom stereocenters. The van der Waals surface area contributed by atoms with Crippen LogP contribution in [0.1, 0.15) is 59.7 Å². The van der Waals surface area contributed by atoms with Crippen LogP contribution in [-0.2, 0) is 19.3 Å². The van der Waals surface area contributed by atoms with Gasteiger partial charge >= 0.3 is 0 Å². The average molecular weight is 401 g/mol. The fraction of sp³-hybridized carbons (Fsp3) is 0.357. The molecular weight excluding hydrogens is 364 g/mol. The van der Waals surface area contributed by atoms with Gasteiger partial charge in [0.05, 0.1) is 0 Å². The Balaban J connectivity index is 1.98. The lowest BCUT2D eigenvalue weighted by Gasteiger charge is -2.19. The van der Waals surface area contributed by atoms with Crippen molar-refractivity contribution >= 4 is 22.7 Å². The highest BCUT2D eigenvalue weighted by molar-refractivity contribution is 5.74. The summed E-state index contributed by atoms with van der Waals surface area (Å²) in [6.07, 6.45) is 3.07. The van der Waals surface area contributed by atoms with Crippen LogP contribution in [0.5, 0.6) is 0 Å². The number of benzene rings is 3. The molecule has 2 nitrogen and oxygen atoms in total. The number of aryl methyl sites for hydroxylation is 7. The van der Waals surface area contributed by atoms with E-state index >= 15 is 0 Å². The van der Waals surface area contributed by atoms with Crippen LogP contribution >= 0.6 is 0 Å². The second-order valence-electron chi connectivity index (χ2n) is 8.47. The second kappa shape index (κ2) is 9.38. The summed E-state index contributed by atoms with van der Waals surface area (Å²) < 4.78 is 0. The molecule has 0 aliphatic rings. The molecule has 3 rings (SSSR count). The van der Waals surface area contributed by atoms with E-state index in [1.807, 2.05) is 0 Å². The van der Waals surface area contributed by atoms with Gasteiger partial charge in [-0.3, -0.25) is 0 Å². The predicted octanol–water partition coefficient (Wildman–Crippen LogP) is 8.09. The molecule has 0 saturated heterocycles. The molecule has 0 unspecified atom stereocenters. The maximum atomic E-state index is 3.75. The van der Waals surface area contributed by atoms with Gasteiger partial charge in [0.2, 0.25) is 0 Å². The average Bonchev–Trinajstić information content (AvgIpc) is 2.70. The smallest absolute Gasteiger partial charge is 0.0449 e. The van der Waals surface area contributed by atoms with Crippen LogP contribution in [0.15, 0.2) is 42.5 Å². The van der Waals surface area contributed by atoms with E-state index in [0.717, 1.165) is 30.6 Å². The summed E-state index contributed by atoms with van der Waals surface area (Å²) in [5.74, 6) is 0. The molecule has 0 amide bonds. The Bertz CT molecular complexity index is 1020. The number of nitrogens with one attached hydrogen (secondary N) is 2. The van der Waals surface area contributed by atoms with Gasteiger partial charge in [0, 0.05) is 22.7 Å². The van der Waals surface area contributed by atoms with E-state index < -0.39 is 0 Å². The molecule has 30 heavy (non-hydrogen) atoms. The van der Waals surface area contributed by atoms with Gasteiger partial charge in [0.15, 0.2) is 0 Å². The number of anilines is 4. The van der Waals surface area contributed by atoms with Crippen LogP contribution in [-0.4, -0.2) is 0 Å². The molecule has 3 aromatic carbocycles. The Labute approximate surface area is 182 Å². The van der Waals surface area contributed by atoms with E-state index in [4.69, 9.17) is 0 Å². The van der Waals surface area contributed by atoms with E-state index in [2.05, 4.69) is 102 Å². The second-order valence-corrected chi connectivity index (χ2v) is 8.47. The molecule has 0 saturated carbocycles. The molecule has 158 valence electrons. The quantitative estimate of drug-likeness (QED) is 0.418. The lowest BCUT2D eigenvalue weighted by atomic mass is 9.99. The summed E-state index contributed by atoms with van der Waals surface area (Å²) in [6.45, 7) is 15.4.